The highest BCUT2D eigenvalue weighted by molar-refractivity contribution is 5.69. The Labute approximate surface area is 128 Å². The standard InChI is InChI=1S/C18H29NO2/c1-4-14(3)15-10-12-16(13-11-15)17(19)8-6-7-9-18(20)21-5-2/h10-14,17H,4-9,19H2,1-3H3. The van der Waals surface area contributed by atoms with Gasteiger partial charge in [0, 0.05) is 12.5 Å². The fourth-order valence-electron chi connectivity index (χ4n) is 2.34. The van der Waals surface area contributed by atoms with Crippen LogP contribution in [0.5, 0.6) is 0 Å². The number of nitrogens with two attached hydrogens (primary N) is 1. The van der Waals surface area contributed by atoms with Gasteiger partial charge in [-0.15, -0.1) is 0 Å². The predicted octanol–water partition coefficient (Wildman–Crippen LogP) is 4.32. The summed E-state index contributed by atoms with van der Waals surface area (Å²) in [6.07, 6.45) is 4.35. The molecule has 1 aromatic rings. The molecule has 0 saturated carbocycles. The van der Waals surface area contributed by atoms with E-state index < -0.39 is 0 Å². The van der Waals surface area contributed by atoms with Crippen LogP contribution in [0.25, 0.3) is 0 Å². The Kier molecular flexibility index (Phi) is 8.06. The van der Waals surface area contributed by atoms with Gasteiger partial charge in [0.1, 0.15) is 0 Å². The second kappa shape index (κ2) is 9.56. The average Bonchev–Trinajstić information content (AvgIpc) is 2.51. The third-order valence-electron chi connectivity index (χ3n) is 4.00. The summed E-state index contributed by atoms with van der Waals surface area (Å²) >= 11 is 0. The quantitative estimate of drug-likeness (QED) is 0.544. The summed E-state index contributed by atoms with van der Waals surface area (Å²) in [5.74, 6) is 0.490. The molecule has 2 unspecified atom stereocenters. The molecule has 0 radical (unpaired) electrons. The maximum Gasteiger partial charge on any atom is 0.305 e. The molecule has 21 heavy (non-hydrogen) atoms. The second-order valence-corrected chi connectivity index (χ2v) is 5.63. The molecular weight excluding hydrogens is 262 g/mol. The van der Waals surface area contributed by atoms with E-state index in [9.17, 15) is 4.79 Å². The molecule has 0 fully saturated rings. The highest BCUT2D eigenvalue weighted by Gasteiger charge is 2.08. The van der Waals surface area contributed by atoms with Crippen LogP contribution in [0, 0.1) is 0 Å². The maximum absolute atomic E-state index is 11.2. The van der Waals surface area contributed by atoms with Crippen LogP contribution in [0.2, 0.25) is 0 Å². The number of ether oxygens (including phenoxy) is 1. The van der Waals surface area contributed by atoms with E-state index in [0.717, 1.165) is 25.7 Å². The Morgan fingerprint density at radius 2 is 1.76 bits per heavy atom. The minimum atomic E-state index is -0.107. The molecule has 0 saturated heterocycles. The monoisotopic (exact) mass is 291 g/mol. The highest BCUT2D eigenvalue weighted by Crippen LogP contribution is 2.22. The van der Waals surface area contributed by atoms with E-state index in [1.807, 2.05) is 6.92 Å². The lowest BCUT2D eigenvalue weighted by Gasteiger charge is -2.14. The molecule has 0 bridgehead atoms. The molecule has 0 aliphatic carbocycles. The van der Waals surface area contributed by atoms with Gasteiger partial charge >= 0.3 is 5.97 Å². The molecule has 1 rings (SSSR count). The van der Waals surface area contributed by atoms with Crippen LogP contribution in [0.4, 0.5) is 0 Å². The van der Waals surface area contributed by atoms with Crippen molar-refractivity contribution in [3.05, 3.63) is 35.4 Å². The van der Waals surface area contributed by atoms with Gasteiger partial charge < -0.3 is 10.5 Å². The van der Waals surface area contributed by atoms with Gasteiger partial charge in [-0.25, -0.2) is 0 Å². The van der Waals surface area contributed by atoms with E-state index in [2.05, 4.69) is 38.1 Å². The SMILES string of the molecule is CCOC(=O)CCCCC(N)c1ccc(C(C)CC)cc1. The Bertz CT molecular complexity index is 414. The molecular formula is C18H29NO2. The fourth-order valence-corrected chi connectivity index (χ4v) is 2.34. The van der Waals surface area contributed by atoms with Crippen LogP contribution in [0.1, 0.15) is 76.0 Å². The average molecular weight is 291 g/mol. The van der Waals surface area contributed by atoms with Gasteiger partial charge in [0.05, 0.1) is 6.61 Å². The van der Waals surface area contributed by atoms with Crippen molar-refractivity contribution in [2.24, 2.45) is 5.73 Å². The number of hydrogen-bond donors (Lipinski definition) is 1. The van der Waals surface area contributed by atoms with Crippen molar-refractivity contribution in [1.82, 2.24) is 0 Å². The summed E-state index contributed by atoms with van der Waals surface area (Å²) in [6.45, 7) is 6.73. The molecule has 0 aromatic heterocycles. The van der Waals surface area contributed by atoms with E-state index in [1.165, 1.54) is 11.1 Å². The Morgan fingerprint density at radius 1 is 1.14 bits per heavy atom. The molecule has 0 aliphatic heterocycles. The third kappa shape index (κ3) is 6.30. The molecule has 1 aromatic carbocycles. The van der Waals surface area contributed by atoms with Gasteiger partial charge in [-0.3, -0.25) is 4.79 Å². The molecule has 118 valence electrons. The molecule has 3 heteroatoms. The van der Waals surface area contributed by atoms with Crippen LogP contribution in [-0.4, -0.2) is 12.6 Å². The zero-order valence-corrected chi connectivity index (χ0v) is 13.6. The summed E-state index contributed by atoms with van der Waals surface area (Å²) in [6, 6.07) is 8.69. The van der Waals surface area contributed by atoms with Gasteiger partial charge in [-0.1, -0.05) is 44.5 Å². The summed E-state index contributed by atoms with van der Waals surface area (Å²) in [5.41, 5.74) is 8.76. The lowest BCUT2D eigenvalue weighted by Crippen LogP contribution is -2.11. The lowest BCUT2D eigenvalue weighted by atomic mass is 9.95. The molecule has 2 atom stereocenters. The highest BCUT2D eigenvalue weighted by atomic mass is 16.5. The van der Waals surface area contributed by atoms with E-state index in [1.54, 1.807) is 0 Å². The fraction of sp³-hybridized carbons (Fsp3) is 0.611. The summed E-state index contributed by atoms with van der Waals surface area (Å²) in [5, 5.41) is 0. The maximum atomic E-state index is 11.2. The van der Waals surface area contributed by atoms with E-state index in [0.29, 0.717) is 18.9 Å². The van der Waals surface area contributed by atoms with Crippen molar-refractivity contribution < 1.29 is 9.53 Å². The number of hydrogen-bond acceptors (Lipinski definition) is 3. The van der Waals surface area contributed by atoms with Crippen LogP contribution >= 0.6 is 0 Å². The Balaban J connectivity index is 2.35. The Morgan fingerprint density at radius 3 is 2.33 bits per heavy atom. The third-order valence-corrected chi connectivity index (χ3v) is 4.00. The van der Waals surface area contributed by atoms with Crippen molar-refractivity contribution in [3.63, 3.8) is 0 Å². The zero-order chi connectivity index (χ0) is 15.7. The number of carbonyl (C=O) groups excluding carboxylic acids is 1. The number of benzene rings is 1. The minimum absolute atomic E-state index is 0.0539. The number of unbranched alkanes of at least 4 members (excludes halogenated alkanes) is 1. The first-order valence-corrected chi connectivity index (χ1v) is 8.09. The summed E-state index contributed by atoms with van der Waals surface area (Å²) < 4.78 is 4.91. The molecule has 0 amide bonds. The second-order valence-electron chi connectivity index (χ2n) is 5.63. The molecule has 2 N–H and O–H groups in total. The van der Waals surface area contributed by atoms with Crippen molar-refractivity contribution in [2.75, 3.05) is 6.61 Å². The van der Waals surface area contributed by atoms with E-state index in [4.69, 9.17) is 10.5 Å². The summed E-state index contributed by atoms with van der Waals surface area (Å²) in [4.78, 5) is 11.2. The van der Waals surface area contributed by atoms with E-state index in [-0.39, 0.29) is 12.0 Å². The number of rotatable bonds is 9. The van der Waals surface area contributed by atoms with Gasteiger partial charge in [0.15, 0.2) is 0 Å². The minimum Gasteiger partial charge on any atom is -0.466 e. The predicted molar refractivity (Wildman–Crippen MR) is 87.2 cm³/mol. The first-order valence-electron chi connectivity index (χ1n) is 8.09. The van der Waals surface area contributed by atoms with Crippen LogP contribution < -0.4 is 5.73 Å². The summed E-state index contributed by atoms with van der Waals surface area (Å²) in [7, 11) is 0. The van der Waals surface area contributed by atoms with Crippen LogP contribution in [0.15, 0.2) is 24.3 Å². The van der Waals surface area contributed by atoms with Crippen molar-refractivity contribution in [2.45, 2.75) is 64.8 Å². The first-order chi connectivity index (χ1) is 10.1. The van der Waals surface area contributed by atoms with Gasteiger partial charge in [-0.2, -0.15) is 0 Å². The number of esters is 1. The molecule has 3 nitrogen and oxygen atoms in total. The van der Waals surface area contributed by atoms with Crippen molar-refractivity contribution in [1.29, 1.82) is 0 Å². The van der Waals surface area contributed by atoms with Gasteiger partial charge in [-0.05, 0) is 43.2 Å². The van der Waals surface area contributed by atoms with Gasteiger partial charge in [0.2, 0.25) is 0 Å². The zero-order valence-electron chi connectivity index (χ0n) is 13.6. The normalized spacial score (nSPS) is 13.7. The van der Waals surface area contributed by atoms with Crippen molar-refractivity contribution in [3.8, 4) is 0 Å². The first kappa shape index (κ1) is 17.7. The molecule has 0 heterocycles. The lowest BCUT2D eigenvalue weighted by molar-refractivity contribution is -0.143. The number of carbonyl (C=O) groups is 1. The van der Waals surface area contributed by atoms with Crippen molar-refractivity contribution >= 4 is 5.97 Å². The molecule has 0 spiro atoms. The largest absolute Gasteiger partial charge is 0.466 e. The topological polar surface area (TPSA) is 52.3 Å². The van der Waals surface area contributed by atoms with Crippen LogP contribution in [-0.2, 0) is 9.53 Å². The van der Waals surface area contributed by atoms with Crippen LogP contribution in [0.3, 0.4) is 0 Å². The van der Waals surface area contributed by atoms with Gasteiger partial charge in [0.25, 0.3) is 0 Å². The Hall–Kier alpha value is -1.35. The smallest absolute Gasteiger partial charge is 0.305 e. The van der Waals surface area contributed by atoms with E-state index >= 15 is 0 Å². The molecule has 0 aliphatic rings.